The van der Waals surface area contributed by atoms with E-state index in [4.69, 9.17) is 14.2 Å². The Morgan fingerprint density at radius 3 is 2.59 bits per heavy atom. The van der Waals surface area contributed by atoms with E-state index in [2.05, 4.69) is 10.3 Å². The summed E-state index contributed by atoms with van der Waals surface area (Å²) < 4.78 is 16.0. The molecule has 0 aliphatic carbocycles. The first-order chi connectivity index (χ1) is 13.2. The molecule has 1 aromatic heterocycles. The molecule has 7 heteroatoms. The molecule has 6 nitrogen and oxygen atoms in total. The average molecular weight is 384 g/mol. The van der Waals surface area contributed by atoms with Gasteiger partial charge in [0.1, 0.15) is 6.61 Å². The van der Waals surface area contributed by atoms with Crippen molar-refractivity contribution in [2.24, 2.45) is 0 Å². The van der Waals surface area contributed by atoms with Gasteiger partial charge in [-0.25, -0.2) is 4.98 Å². The predicted octanol–water partition coefficient (Wildman–Crippen LogP) is 3.98. The van der Waals surface area contributed by atoms with Gasteiger partial charge in [0, 0.05) is 10.9 Å². The van der Waals surface area contributed by atoms with Crippen molar-refractivity contribution in [3.63, 3.8) is 0 Å². The van der Waals surface area contributed by atoms with Gasteiger partial charge >= 0.3 is 0 Å². The van der Waals surface area contributed by atoms with Gasteiger partial charge in [0.2, 0.25) is 0 Å². The van der Waals surface area contributed by atoms with E-state index >= 15 is 0 Å². The molecule has 0 unspecified atom stereocenters. The molecule has 3 aromatic rings. The molecule has 1 amide bonds. The molecule has 140 valence electrons. The molecule has 0 saturated carbocycles. The fourth-order valence-corrected chi connectivity index (χ4v) is 3.19. The third-order valence-electron chi connectivity index (χ3n) is 3.77. The Balaban J connectivity index is 1.56. The zero-order chi connectivity index (χ0) is 19.1. The second kappa shape index (κ2) is 9.16. The molecule has 27 heavy (non-hydrogen) atoms. The Hall–Kier alpha value is -2.90. The zero-order valence-corrected chi connectivity index (χ0v) is 15.9. The number of nitrogens with one attached hydrogen (secondary N) is 1. The summed E-state index contributed by atoms with van der Waals surface area (Å²) in [4.78, 5) is 16.5. The topological polar surface area (TPSA) is 69.7 Å². The number of aromatic nitrogens is 1. The van der Waals surface area contributed by atoms with Gasteiger partial charge in [-0.15, -0.1) is 11.3 Å². The van der Waals surface area contributed by atoms with E-state index in [0.717, 1.165) is 16.8 Å². The van der Waals surface area contributed by atoms with Crippen molar-refractivity contribution in [2.45, 2.75) is 6.61 Å². The molecule has 3 rings (SSSR count). The fourth-order valence-electron chi connectivity index (χ4n) is 2.45. The van der Waals surface area contributed by atoms with Crippen LogP contribution in [0, 0.1) is 0 Å². The highest BCUT2D eigenvalue weighted by molar-refractivity contribution is 7.14. The quantitative estimate of drug-likeness (QED) is 0.636. The summed E-state index contributed by atoms with van der Waals surface area (Å²) in [6.07, 6.45) is 0. The number of carbonyl (C=O) groups is 1. The number of thiazole rings is 1. The van der Waals surface area contributed by atoms with Gasteiger partial charge in [-0.3, -0.25) is 10.1 Å². The molecular weight excluding hydrogens is 364 g/mol. The van der Waals surface area contributed by atoms with Crippen LogP contribution in [-0.4, -0.2) is 31.7 Å². The van der Waals surface area contributed by atoms with Gasteiger partial charge in [0.15, 0.2) is 16.6 Å². The van der Waals surface area contributed by atoms with E-state index in [1.807, 2.05) is 53.9 Å². The van der Waals surface area contributed by atoms with Crippen LogP contribution in [0.3, 0.4) is 0 Å². The van der Waals surface area contributed by atoms with Crippen molar-refractivity contribution >= 4 is 22.4 Å². The molecule has 0 saturated heterocycles. The summed E-state index contributed by atoms with van der Waals surface area (Å²) in [5, 5.41) is 5.16. The highest BCUT2D eigenvalue weighted by atomic mass is 32.1. The number of ether oxygens (including phenoxy) is 3. The summed E-state index contributed by atoms with van der Waals surface area (Å²) in [5.74, 6) is 1.04. The van der Waals surface area contributed by atoms with Gasteiger partial charge in [-0.05, 0) is 23.8 Å². The smallest absolute Gasteiger partial charge is 0.252 e. The van der Waals surface area contributed by atoms with Crippen LogP contribution >= 0.6 is 11.3 Å². The molecule has 0 aliphatic heterocycles. The summed E-state index contributed by atoms with van der Waals surface area (Å²) in [5.41, 5.74) is 2.65. The van der Waals surface area contributed by atoms with Crippen molar-refractivity contribution in [3.8, 4) is 22.8 Å². The summed E-state index contributed by atoms with van der Waals surface area (Å²) in [6.45, 7) is 0.364. The third kappa shape index (κ3) is 5.06. The van der Waals surface area contributed by atoms with Gasteiger partial charge < -0.3 is 14.2 Å². The number of rotatable bonds is 8. The van der Waals surface area contributed by atoms with Crippen LogP contribution in [0.4, 0.5) is 5.13 Å². The molecule has 0 atom stereocenters. The molecule has 1 heterocycles. The van der Waals surface area contributed by atoms with Crippen LogP contribution in [0.1, 0.15) is 5.56 Å². The number of methoxy groups -OCH3 is 2. The lowest BCUT2D eigenvalue weighted by molar-refractivity contribution is -0.121. The number of carbonyl (C=O) groups excluding carboxylic acids is 1. The third-order valence-corrected chi connectivity index (χ3v) is 4.53. The van der Waals surface area contributed by atoms with Gasteiger partial charge in [0.05, 0.1) is 26.5 Å². The first-order valence-corrected chi connectivity index (χ1v) is 9.17. The van der Waals surface area contributed by atoms with Crippen molar-refractivity contribution in [2.75, 3.05) is 26.1 Å². The fraction of sp³-hybridized carbons (Fsp3) is 0.200. The Bertz CT molecular complexity index is 896. The average Bonchev–Trinajstić information content (AvgIpc) is 3.16. The van der Waals surface area contributed by atoms with Crippen molar-refractivity contribution < 1.29 is 19.0 Å². The van der Waals surface area contributed by atoms with Gasteiger partial charge in [-0.2, -0.15) is 0 Å². The van der Waals surface area contributed by atoms with Crippen LogP contribution in [0.15, 0.2) is 53.9 Å². The Labute approximate surface area is 161 Å². The number of benzene rings is 2. The van der Waals surface area contributed by atoms with Crippen LogP contribution in [-0.2, 0) is 16.1 Å². The van der Waals surface area contributed by atoms with E-state index in [-0.39, 0.29) is 12.5 Å². The Morgan fingerprint density at radius 1 is 1.07 bits per heavy atom. The second-order valence-corrected chi connectivity index (χ2v) is 6.49. The maximum absolute atomic E-state index is 12.0. The summed E-state index contributed by atoms with van der Waals surface area (Å²) >= 11 is 1.36. The summed E-state index contributed by atoms with van der Waals surface area (Å²) in [7, 11) is 3.18. The Kier molecular flexibility index (Phi) is 6.40. The SMILES string of the molecule is COc1ccc(-c2csc(NC(=O)COCc3ccccc3)n2)cc1OC. The van der Waals surface area contributed by atoms with Crippen molar-refractivity contribution in [3.05, 3.63) is 59.5 Å². The number of hydrogen-bond acceptors (Lipinski definition) is 6. The number of nitrogens with zero attached hydrogens (tertiary/aromatic N) is 1. The van der Waals surface area contributed by atoms with Gasteiger partial charge in [-0.1, -0.05) is 30.3 Å². The monoisotopic (exact) mass is 384 g/mol. The van der Waals surface area contributed by atoms with E-state index < -0.39 is 0 Å². The molecule has 0 radical (unpaired) electrons. The van der Waals surface area contributed by atoms with Crippen LogP contribution in [0.25, 0.3) is 11.3 Å². The molecular formula is C20H20N2O4S. The van der Waals surface area contributed by atoms with Crippen LogP contribution < -0.4 is 14.8 Å². The van der Waals surface area contributed by atoms with Gasteiger partial charge in [0.25, 0.3) is 5.91 Å². The minimum Gasteiger partial charge on any atom is -0.493 e. The van der Waals surface area contributed by atoms with Crippen molar-refractivity contribution in [1.82, 2.24) is 4.98 Å². The van der Waals surface area contributed by atoms with Crippen LogP contribution in [0.2, 0.25) is 0 Å². The minimum atomic E-state index is -0.237. The maximum atomic E-state index is 12.0. The first-order valence-electron chi connectivity index (χ1n) is 8.29. The molecule has 2 aromatic carbocycles. The lowest BCUT2D eigenvalue weighted by Crippen LogP contribution is -2.18. The molecule has 1 N–H and O–H groups in total. The molecule has 0 fully saturated rings. The van der Waals surface area contributed by atoms with Crippen LogP contribution in [0.5, 0.6) is 11.5 Å². The lowest BCUT2D eigenvalue weighted by Gasteiger charge is -2.08. The number of amides is 1. The largest absolute Gasteiger partial charge is 0.493 e. The van der Waals surface area contributed by atoms with Crippen molar-refractivity contribution in [1.29, 1.82) is 0 Å². The number of anilines is 1. The maximum Gasteiger partial charge on any atom is 0.252 e. The lowest BCUT2D eigenvalue weighted by atomic mass is 10.1. The van der Waals surface area contributed by atoms with E-state index in [1.165, 1.54) is 11.3 Å². The first kappa shape index (κ1) is 18.9. The Morgan fingerprint density at radius 2 is 1.85 bits per heavy atom. The molecule has 0 bridgehead atoms. The number of hydrogen-bond donors (Lipinski definition) is 1. The minimum absolute atomic E-state index is 0.0276. The van der Waals surface area contributed by atoms with E-state index in [9.17, 15) is 4.79 Å². The van der Waals surface area contributed by atoms with E-state index in [0.29, 0.717) is 23.2 Å². The molecule has 0 aliphatic rings. The second-order valence-electron chi connectivity index (χ2n) is 5.63. The summed E-state index contributed by atoms with van der Waals surface area (Å²) in [6, 6.07) is 15.3. The highest BCUT2D eigenvalue weighted by Gasteiger charge is 2.11. The van der Waals surface area contributed by atoms with E-state index in [1.54, 1.807) is 14.2 Å². The normalized spacial score (nSPS) is 10.4. The zero-order valence-electron chi connectivity index (χ0n) is 15.1. The standard InChI is InChI=1S/C20H20N2O4S/c1-24-17-9-8-15(10-18(17)25-2)16-13-27-20(21-16)22-19(23)12-26-11-14-6-4-3-5-7-14/h3-10,13H,11-12H2,1-2H3,(H,21,22,23). The highest BCUT2D eigenvalue weighted by Crippen LogP contribution is 2.33. The predicted molar refractivity (Wildman–Crippen MR) is 105 cm³/mol. The molecule has 0 spiro atoms.